The number of rotatable bonds is 2. The zero-order chi connectivity index (χ0) is 12.8. The van der Waals surface area contributed by atoms with Crippen molar-refractivity contribution >= 4 is 40.8 Å². The van der Waals surface area contributed by atoms with Gasteiger partial charge in [0.25, 0.3) is 0 Å². The van der Waals surface area contributed by atoms with E-state index >= 15 is 0 Å². The van der Waals surface area contributed by atoms with Gasteiger partial charge < -0.3 is 4.74 Å². The van der Waals surface area contributed by atoms with Crippen molar-refractivity contribution in [2.45, 2.75) is 10.3 Å². The van der Waals surface area contributed by atoms with Gasteiger partial charge in [0.1, 0.15) is 16.1 Å². The molecule has 0 aromatic heterocycles. The van der Waals surface area contributed by atoms with Crippen molar-refractivity contribution in [3.8, 4) is 0 Å². The zero-order valence-corrected chi connectivity index (χ0v) is 11.0. The fourth-order valence-corrected chi connectivity index (χ4v) is 2.86. The molecule has 2 atom stereocenters. The maximum absolute atomic E-state index is 13.0. The summed E-state index contributed by atoms with van der Waals surface area (Å²) in [5.41, 5.74) is 0.622. The first-order chi connectivity index (χ1) is 7.89. The molecule has 0 amide bonds. The smallest absolute Gasteiger partial charge is 0.312 e. The predicted octanol–water partition coefficient (Wildman–Crippen LogP) is 3.54. The number of hydrogen-bond acceptors (Lipinski definition) is 2. The van der Waals surface area contributed by atoms with Crippen LogP contribution in [0.2, 0.25) is 5.02 Å². The molecule has 1 aliphatic carbocycles. The molecule has 1 aromatic carbocycles. The van der Waals surface area contributed by atoms with Crippen LogP contribution < -0.4 is 0 Å². The summed E-state index contributed by atoms with van der Waals surface area (Å²) in [4.78, 5) is 11.4. The predicted molar refractivity (Wildman–Crippen MR) is 64.1 cm³/mol. The van der Waals surface area contributed by atoms with Gasteiger partial charge in [-0.3, -0.25) is 4.79 Å². The van der Waals surface area contributed by atoms with Crippen LogP contribution >= 0.6 is 34.8 Å². The largest absolute Gasteiger partial charge is 0.469 e. The van der Waals surface area contributed by atoms with Crippen LogP contribution in [-0.4, -0.2) is 17.4 Å². The number of ether oxygens (including phenoxy) is 1. The number of methoxy groups -OCH3 is 1. The lowest BCUT2D eigenvalue weighted by atomic mass is 10.1. The van der Waals surface area contributed by atoms with Crippen LogP contribution in [0, 0.1) is 11.7 Å². The Balaban J connectivity index is 2.30. The van der Waals surface area contributed by atoms with E-state index in [0.29, 0.717) is 5.56 Å². The highest BCUT2D eigenvalue weighted by atomic mass is 35.5. The Morgan fingerprint density at radius 2 is 2.12 bits per heavy atom. The van der Waals surface area contributed by atoms with E-state index in [1.54, 1.807) is 0 Å². The fraction of sp³-hybridized carbons (Fsp3) is 0.364. The number of benzene rings is 1. The fourth-order valence-electron chi connectivity index (χ4n) is 1.87. The molecule has 92 valence electrons. The summed E-state index contributed by atoms with van der Waals surface area (Å²) in [5.74, 6) is -2.07. The van der Waals surface area contributed by atoms with Crippen molar-refractivity contribution in [1.82, 2.24) is 0 Å². The van der Waals surface area contributed by atoms with Gasteiger partial charge in [-0.25, -0.2) is 4.39 Å². The maximum Gasteiger partial charge on any atom is 0.312 e. The molecule has 1 aliphatic rings. The van der Waals surface area contributed by atoms with Crippen LogP contribution in [0.4, 0.5) is 4.39 Å². The van der Waals surface area contributed by atoms with E-state index in [1.165, 1.54) is 25.3 Å². The monoisotopic (exact) mass is 296 g/mol. The second-order valence-electron chi connectivity index (χ2n) is 3.83. The molecule has 1 saturated carbocycles. The zero-order valence-electron chi connectivity index (χ0n) is 8.72. The average Bonchev–Trinajstić information content (AvgIpc) is 2.84. The number of esters is 1. The summed E-state index contributed by atoms with van der Waals surface area (Å²) >= 11 is 17.7. The molecule has 0 heterocycles. The van der Waals surface area contributed by atoms with E-state index in [-0.39, 0.29) is 5.02 Å². The topological polar surface area (TPSA) is 26.3 Å². The average molecular weight is 298 g/mol. The Morgan fingerprint density at radius 1 is 1.47 bits per heavy atom. The Kier molecular flexibility index (Phi) is 3.27. The summed E-state index contributed by atoms with van der Waals surface area (Å²) in [6, 6.07) is 4.15. The highest BCUT2D eigenvalue weighted by Gasteiger charge is 2.68. The first kappa shape index (κ1) is 12.9. The summed E-state index contributed by atoms with van der Waals surface area (Å²) in [5, 5.41) is -0.0258. The minimum Gasteiger partial charge on any atom is -0.469 e. The summed E-state index contributed by atoms with van der Waals surface area (Å²) in [7, 11) is 1.26. The number of carbonyl (C=O) groups is 1. The van der Waals surface area contributed by atoms with Crippen LogP contribution in [0.25, 0.3) is 0 Å². The first-order valence-electron chi connectivity index (χ1n) is 4.80. The molecule has 1 fully saturated rings. The van der Waals surface area contributed by atoms with Gasteiger partial charge in [-0.1, -0.05) is 40.9 Å². The Hall–Kier alpha value is -0.510. The standard InChI is InChI=1S/C11H8Cl3FO2/c1-17-10(16)9-8(11(9,13)14)5-2-3-7(15)6(12)4-5/h2-4,8-9H,1H3/t8-,9+/m0/s1. The number of carbonyl (C=O) groups excluding carboxylic acids is 1. The highest BCUT2D eigenvalue weighted by Crippen LogP contribution is 2.65. The first-order valence-corrected chi connectivity index (χ1v) is 5.93. The van der Waals surface area contributed by atoms with Crippen LogP contribution in [0.15, 0.2) is 18.2 Å². The van der Waals surface area contributed by atoms with E-state index < -0.39 is 28.0 Å². The van der Waals surface area contributed by atoms with Crippen LogP contribution in [0.1, 0.15) is 11.5 Å². The Morgan fingerprint density at radius 3 is 2.65 bits per heavy atom. The lowest BCUT2D eigenvalue weighted by molar-refractivity contribution is -0.142. The summed E-state index contributed by atoms with van der Waals surface area (Å²) < 4.78 is 16.4. The quantitative estimate of drug-likeness (QED) is 0.616. The number of hydrogen-bond donors (Lipinski definition) is 0. The van der Waals surface area contributed by atoms with Crippen LogP contribution in [-0.2, 0) is 9.53 Å². The molecular formula is C11H8Cl3FO2. The lowest BCUT2D eigenvalue weighted by Gasteiger charge is -2.01. The molecule has 0 bridgehead atoms. The molecule has 0 unspecified atom stereocenters. The minimum absolute atomic E-state index is 0.0258. The van der Waals surface area contributed by atoms with Crippen molar-refractivity contribution in [2.24, 2.45) is 5.92 Å². The molecule has 2 rings (SSSR count). The van der Waals surface area contributed by atoms with Gasteiger partial charge in [-0.2, -0.15) is 0 Å². The molecule has 0 saturated heterocycles. The van der Waals surface area contributed by atoms with Gasteiger partial charge in [0, 0.05) is 5.92 Å². The molecule has 0 radical (unpaired) electrons. The molecule has 2 nitrogen and oxygen atoms in total. The number of alkyl halides is 2. The molecule has 0 aliphatic heterocycles. The van der Waals surface area contributed by atoms with Gasteiger partial charge in [-0.15, -0.1) is 0 Å². The molecular weight excluding hydrogens is 289 g/mol. The molecule has 0 N–H and O–H groups in total. The van der Waals surface area contributed by atoms with Crippen LogP contribution in [0.5, 0.6) is 0 Å². The third-order valence-electron chi connectivity index (χ3n) is 2.81. The van der Waals surface area contributed by atoms with Crippen molar-refractivity contribution in [3.05, 3.63) is 34.6 Å². The molecule has 1 aromatic rings. The van der Waals surface area contributed by atoms with Gasteiger partial charge >= 0.3 is 5.97 Å². The minimum atomic E-state index is -1.21. The normalized spacial score (nSPS) is 25.5. The molecule has 17 heavy (non-hydrogen) atoms. The third-order valence-corrected chi connectivity index (χ3v) is 4.04. The van der Waals surface area contributed by atoms with E-state index in [2.05, 4.69) is 4.74 Å². The van der Waals surface area contributed by atoms with E-state index in [1.807, 2.05) is 0 Å². The van der Waals surface area contributed by atoms with Crippen molar-refractivity contribution in [1.29, 1.82) is 0 Å². The maximum atomic E-state index is 13.0. The van der Waals surface area contributed by atoms with Gasteiger partial charge in [0.2, 0.25) is 0 Å². The van der Waals surface area contributed by atoms with Crippen molar-refractivity contribution in [3.63, 3.8) is 0 Å². The molecule has 6 heteroatoms. The summed E-state index contributed by atoms with van der Waals surface area (Å²) in [6.45, 7) is 0. The molecule has 0 spiro atoms. The van der Waals surface area contributed by atoms with E-state index in [0.717, 1.165) is 0 Å². The SMILES string of the molecule is COC(=O)[C@H]1[C@H](c2ccc(F)c(Cl)c2)C1(Cl)Cl. The summed E-state index contributed by atoms with van der Waals surface area (Å²) in [6.07, 6.45) is 0. The van der Waals surface area contributed by atoms with Gasteiger partial charge in [0.15, 0.2) is 0 Å². The second-order valence-corrected chi connectivity index (χ2v) is 5.68. The van der Waals surface area contributed by atoms with Gasteiger partial charge in [-0.05, 0) is 17.7 Å². The Bertz CT molecular complexity index is 476. The Labute approximate surface area is 113 Å². The number of halogens is 4. The lowest BCUT2D eigenvalue weighted by Crippen LogP contribution is -2.07. The van der Waals surface area contributed by atoms with Gasteiger partial charge in [0.05, 0.1) is 12.1 Å². The van der Waals surface area contributed by atoms with E-state index in [4.69, 9.17) is 34.8 Å². The third kappa shape index (κ3) is 2.12. The second kappa shape index (κ2) is 4.30. The van der Waals surface area contributed by atoms with Crippen molar-refractivity contribution in [2.75, 3.05) is 7.11 Å². The highest BCUT2D eigenvalue weighted by molar-refractivity contribution is 6.53. The van der Waals surface area contributed by atoms with Crippen LogP contribution in [0.3, 0.4) is 0 Å². The van der Waals surface area contributed by atoms with E-state index in [9.17, 15) is 9.18 Å². The van der Waals surface area contributed by atoms with Crippen molar-refractivity contribution < 1.29 is 13.9 Å².